The molecule has 0 spiro atoms. The highest BCUT2D eigenvalue weighted by molar-refractivity contribution is 5.97. The van der Waals surface area contributed by atoms with Crippen LogP contribution in [0.25, 0.3) is 0 Å². The molecule has 0 aliphatic rings. The van der Waals surface area contributed by atoms with Gasteiger partial charge in [-0.1, -0.05) is 0 Å². The summed E-state index contributed by atoms with van der Waals surface area (Å²) in [5.41, 5.74) is 6.66. The van der Waals surface area contributed by atoms with Crippen LogP contribution in [0.4, 0.5) is 5.69 Å². The van der Waals surface area contributed by atoms with Crippen LogP contribution in [0.3, 0.4) is 0 Å². The number of hydrogen-bond donors (Lipinski definition) is 1. The number of nitrogens with zero attached hydrogens (tertiary/aromatic N) is 3. The van der Waals surface area contributed by atoms with E-state index in [0.717, 1.165) is 0 Å². The molecule has 0 amide bonds. The lowest BCUT2D eigenvalue weighted by Gasteiger charge is -2.08. The van der Waals surface area contributed by atoms with Gasteiger partial charge in [-0.2, -0.15) is 5.26 Å². The summed E-state index contributed by atoms with van der Waals surface area (Å²) in [5, 5.41) is 8.61. The molecular weight excluding hydrogens is 244 g/mol. The third kappa shape index (κ3) is 2.84. The number of aromatic nitrogens is 2. The first-order valence-corrected chi connectivity index (χ1v) is 5.40. The molecule has 0 bridgehead atoms. The molecular formula is C13H10N4O2. The van der Waals surface area contributed by atoms with Crippen LogP contribution in [-0.2, 0) is 0 Å². The Labute approximate surface area is 109 Å². The van der Waals surface area contributed by atoms with E-state index in [0.29, 0.717) is 17.0 Å². The maximum atomic E-state index is 11.5. The number of carbonyl (C=O) groups is 1. The number of rotatable bonds is 3. The van der Waals surface area contributed by atoms with Crippen LogP contribution < -0.4 is 10.5 Å². The van der Waals surface area contributed by atoms with E-state index in [1.54, 1.807) is 12.1 Å². The van der Waals surface area contributed by atoms with Crippen LogP contribution in [0.1, 0.15) is 23.0 Å². The van der Waals surface area contributed by atoms with E-state index in [2.05, 4.69) is 9.97 Å². The molecule has 6 nitrogen and oxygen atoms in total. The summed E-state index contributed by atoms with van der Waals surface area (Å²) >= 11 is 0. The smallest absolute Gasteiger partial charge is 0.237 e. The fourth-order valence-corrected chi connectivity index (χ4v) is 1.45. The van der Waals surface area contributed by atoms with E-state index in [-0.39, 0.29) is 17.4 Å². The number of benzene rings is 1. The summed E-state index contributed by atoms with van der Waals surface area (Å²) in [7, 11) is 0. The lowest BCUT2D eigenvalue weighted by Crippen LogP contribution is -2.00. The fourth-order valence-electron chi connectivity index (χ4n) is 1.45. The van der Waals surface area contributed by atoms with Crippen LogP contribution in [0.2, 0.25) is 0 Å². The standard InChI is InChI=1S/C13H10N4O2/c1-8(18)11-4-9(15)2-3-12(11)19-13-7-16-10(5-14)6-17-13/h2-4,6-7H,15H2,1H3. The first-order valence-electron chi connectivity index (χ1n) is 5.40. The van der Waals surface area contributed by atoms with Crippen molar-refractivity contribution >= 4 is 11.5 Å². The van der Waals surface area contributed by atoms with E-state index < -0.39 is 0 Å². The summed E-state index contributed by atoms with van der Waals surface area (Å²) in [6, 6.07) is 6.60. The topological polar surface area (TPSA) is 102 Å². The fraction of sp³-hybridized carbons (Fsp3) is 0.0769. The maximum absolute atomic E-state index is 11.5. The number of nitrogen functional groups attached to an aromatic ring is 1. The summed E-state index contributed by atoms with van der Waals surface area (Å²) < 4.78 is 5.47. The number of nitriles is 1. The molecule has 2 rings (SSSR count). The van der Waals surface area contributed by atoms with Gasteiger partial charge >= 0.3 is 0 Å². The van der Waals surface area contributed by atoms with Gasteiger partial charge in [-0.15, -0.1) is 0 Å². The Kier molecular flexibility index (Phi) is 3.39. The van der Waals surface area contributed by atoms with Crippen LogP contribution >= 0.6 is 0 Å². The van der Waals surface area contributed by atoms with Crippen molar-refractivity contribution in [2.75, 3.05) is 5.73 Å². The Balaban J connectivity index is 2.32. The molecule has 6 heteroatoms. The Morgan fingerprint density at radius 1 is 1.37 bits per heavy atom. The number of ether oxygens (including phenoxy) is 1. The zero-order chi connectivity index (χ0) is 13.8. The average Bonchev–Trinajstić information content (AvgIpc) is 2.41. The van der Waals surface area contributed by atoms with Crippen molar-refractivity contribution in [1.29, 1.82) is 5.26 Å². The Bertz CT molecular complexity index is 659. The van der Waals surface area contributed by atoms with Gasteiger partial charge in [0, 0.05) is 5.69 Å². The van der Waals surface area contributed by atoms with E-state index in [9.17, 15) is 4.79 Å². The van der Waals surface area contributed by atoms with Crippen LogP contribution in [0, 0.1) is 11.3 Å². The second-order valence-electron chi connectivity index (χ2n) is 3.77. The highest BCUT2D eigenvalue weighted by Crippen LogP contribution is 2.26. The molecule has 94 valence electrons. The molecule has 1 heterocycles. The minimum Gasteiger partial charge on any atom is -0.437 e. The van der Waals surface area contributed by atoms with Gasteiger partial charge in [0.05, 0.1) is 18.0 Å². The van der Waals surface area contributed by atoms with Crippen molar-refractivity contribution in [1.82, 2.24) is 9.97 Å². The van der Waals surface area contributed by atoms with Gasteiger partial charge in [0.25, 0.3) is 0 Å². The van der Waals surface area contributed by atoms with Crippen LogP contribution in [0.15, 0.2) is 30.6 Å². The molecule has 2 aromatic rings. The summed E-state index contributed by atoms with van der Waals surface area (Å²) in [6.07, 6.45) is 2.61. The second-order valence-corrected chi connectivity index (χ2v) is 3.77. The van der Waals surface area contributed by atoms with E-state index in [1.807, 2.05) is 6.07 Å². The molecule has 0 unspecified atom stereocenters. The number of ketones is 1. The Morgan fingerprint density at radius 3 is 2.74 bits per heavy atom. The van der Waals surface area contributed by atoms with Gasteiger partial charge < -0.3 is 10.5 Å². The number of anilines is 1. The van der Waals surface area contributed by atoms with Gasteiger partial charge in [0.15, 0.2) is 11.5 Å². The number of carbonyl (C=O) groups excluding carboxylic acids is 1. The van der Waals surface area contributed by atoms with Crippen molar-refractivity contribution in [2.24, 2.45) is 0 Å². The molecule has 2 N–H and O–H groups in total. The SMILES string of the molecule is CC(=O)c1cc(N)ccc1Oc1cnc(C#N)cn1. The molecule has 1 aromatic heterocycles. The minimum atomic E-state index is -0.163. The molecule has 19 heavy (non-hydrogen) atoms. The van der Waals surface area contributed by atoms with Crippen molar-refractivity contribution in [3.05, 3.63) is 41.9 Å². The summed E-state index contributed by atoms with van der Waals surface area (Å²) in [4.78, 5) is 19.2. The van der Waals surface area contributed by atoms with Gasteiger partial charge in [-0.3, -0.25) is 4.79 Å². The lowest BCUT2D eigenvalue weighted by molar-refractivity contribution is 0.101. The van der Waals surface area contributed by atoms with Crippen molar-refractivity contribution in [3.63, 3.8) is 0 Å². The van der Waals surface area contributed by atoms with Crippen molar-refractivity contribution in [3.8, 4) is 17.7 Å². The van der Waals surface area contributed by atoms with Crippen molar-refractivity contribution in [2.45, 2.75) is 6.92 Å². The second kappa shape index (κ2) is 5.14. The number of Topliss-reactive ketones (excluding diaryl/α,β-unsaturated/α-hetero) is 1. The molecule has 0 saturated heterocycles. The van der Waals surface area contributed by atoms with Crippen LogP contribution in [-0.4, -0.2) is 15.8 Å². The quantitative estimate of drug-likeness (QED) is 0.663. The largest absolute Gasteiger partial charge is 0.437 e. The first-order chi connectivity index (χ1) is 9.10. The highest BCUT2D eigenvalue weighted by atomic mass is 16.5. The summed E-state index contributed by atoms with van der Waals surface area (Å²) in [5.74, 6) is 0.385. The van der Waals surface area contributed by atoms with E-state index >= 15 is 0 Å². The normalized spacial score (nSPS) is 9.68. The molecule has 0 saturated carbocycles. The predicted molar refractivity (Wildman–Crippen MR) is 67.7 cm³/mol. The van der Waals surface area contributed by atoms with Gasteiger partial charge in [0.2, 0.25) is 5.88 Å². The molecule has 0 aliphatic heterocycles. The third-order valence-corrected chi connectivity index (χ3v) is 2.34. The highest BCUT2D eigenvalue weighted by Gasteiger charge is 2.10. The number of hydrogen-bond acceptors (Lipinski definition) is 6. The Hall–Kier alpha value is -2.94. The molecule has 1 aromatic carbocycles. The molecule has 0 fully saturated rings. The van der Waals surface area contributed by atoms with Gasteiger partial charge in [0.1, 0.15) is 11.8 Å². The van der Waals surface area contributed by atoms with Gasteiger partial charge in [-0.05, 0) is 25.1 Å². The summed E-state index contributed by atoms with van der Waals surface area (Å²) in [6.45, 7) is 1.42. The predicted octanol–water partition coefficient (Wildman–Crippen LogP) is 1.93. The van der Waals surface area contributed by atoms with Crippen molar-refractivity contribution < 1.29 is 9.53 Å². The first kappa shape index (κ1) is 12.5. The number of nitrogens with two attached hydrogens (primary N) is 1. The molecule has 0 aliphatic carbocycles. The minimum absolute atomic E-state index is 0.163. The average molecular weight is 254 g/mol. The monoisotopic (exact) mass is 254 g/mol. The van der Waals surface area contributed by atoms with E-state index in [1.165, 1.54) is 25.4 Å². The van der Waals surface area contributed by atoms with E-state index in [4.69, 9.17) is 15.7 Å². The Morgan fingerprint density at radius 2 is 2.16 bits per heavy atom. The third-order valence-electron chi connectivity index (χ3n) is 2.34. The lowest BCUT2D eigenvalue weighted by atomic mass is 10.1. The maximum Gasteiger partial charge on any atom is 0.237 e. The zero-order valence-electron chi connectivity index (χ0n) is 10.1. The van der Waals surface area contributed by atoms with Gasteiger partial charge in [-0.25, -0.2) is 9.97 Å². The van der Waals surface area contributed by atoms with Crippen LogP contribution in [0.5, 0.6) is 11.6 Å². The molecule has 0 atom stereocenters. The zero-order valence-corrected chi connectivity index (χ0v) is 10.1. The molecule has 0 radical (unpaired) electrons.